The van der Waals surface area contributed by atoms with E-state index in [9.17, 15) is 8.78 Å². The number of hydrogen-bond acceptors (Lipinski definition) is 1. The van der Waals surface area contributed by atoms with Crippen molar-refractivity contribution >= 4 is 0 Å². The van der Waals surface area contributed by atoms with Gasteiger partial charge in [0.2, 0.25) is 0 Å². The molecule has 2 aliphatic rings. The van der Waals surface area contributed by atoms with Crippen molar-refractivity contribution in [3.63, 3.8) is 0 Å². The van der Waals surface area contributed by atoms with E-state index in [1.807, 2.05) is 14.1 Å². The number of fused-ring (bicyclic) bond motifs is 1. The highest BCUT2D eigenvalue weighted by molar-refractivity contribution is 5.12. The van der Waals surface area contributed by atoms with Crippen LogP contribution < -0.4 is 0 Å². The lowest BCUT2D eigenvalue weighted by atomic mass is 10.1. The van der Waals surface area contributed by atoms with Crippen molar-refractivity contribution in [2.24, 2.45) is 11.8 Å². The minimum absolute atomic E-state index is 0. The minimum atomic E-state index is -2.30. The summed E-state index contributed by atoms with van der Waals surface area (Å²) in [5, 5.41) is 0. The summed E-state index contributed by atoms with van der Waals surface area (Å²) in [4.78, 5) is 2.06. The van der Waals surface area contributed by atoms with E-state index < -0.39 is 5.92 Å². The first-order chi connectivity index (χ1) is 5.03. The summed E-state index contributed by atoms with van der Waals surface area (Å²) in [5.74, 6) is -2.86. The van der Waals surface area contributed by atoms with E-state index >= 15 is 0 Å². The number of rotatable bonds is 1. The highest BCUT2D eigenvalue weighted by Crippen LogP contribution is 2.64. The molecule has 2 aliphatic carbocycles. The average Bonchev–Trinajstić information content (AvgIpc) is 2.28. The molecule has 2 rings (SSSR count). The summed E-state index contributed by atoms with van der Waals surface area (Å²) in [7, 11) is 3.93. The molecule has 0 aromatic heterocycles. The van der Waals surface area contributed by atoms with Crippen LogP contribution in [-0.2, 0) is 0 Å². The molecule has 12 heavy (non-hydrogen) atoms. The Bertz CT molecular complexity index is 165. The Hall–Kier alpha value is -0.180. The molecule has 0 aromatic rings. The van der Waals surface area contributed by atoms with Gasteiger partial charge in [-0.1, -0.05) is 7.43 Å². The molecule has 1 nitrogen and oxygen atoms in total. The number of halogens is 2. The fourth-order valence-electron chi connectivity index (χ4n) is 2.21. The van der Waals surface area contributed by atoms with Crippen LogP contribution in [0, 0.1) is 11.8 Å². The molecular weight excluding hydrogens is 160 g/mol. The second-order valence-electron chi connectivity index (χ2n) is 3.98. The summed E-state index contributed by atoms with van der Waals surface area (Å²) >= 11 is 0. The zero-order valence-electron chi connectivity index (χ0n) is 6.85. The molecule has 2 saturated carbocycles. The fourth-order valence-corrected chi connectivity index (χ4v) is 2.21. The molecule has 2 fully saturated rings. The monoisotopic (exact) mass is 177 g/mol. The van der Waals surface area contributed by atoms with Crippen LogP contribution in [0.15, 0.2) is 0 Å². The molecule has 0 saturated heterocycles. The van der Waals surface area contributed by atoms with Crippen LogP contribution in [0.2, 0.25) is 0 Å². The predicted molar refractivity (Wildman–Crippen MR) is 45.4 cm³/mol. The van der Waals surface area contributed by atoms with Crippen molar-refractivity contribution < 1.29 is 8.78 Å². The molecule has 0 amide bonds. The largest absolute Gasteiger partial charge is 0.306 e. The van der Waals surface area contributed by atoms with Crippen molar-refractivity contribution in [1.29, 1.82) is 0 Å². The summed E-state index contributed by atoms with van der Waals surface area (Å²) in [5.41, 5.74) is 0. The molecule has 0 N–H and O–H groups in total. The molecule has 0 heterocycles. The van der Waals surface area contributed by atoms with Gasteiger partial charge in [-0.05, 0) is 26.9 Å². The quantitative estimate of drug-likeness (QED) is 0.593. The Morgan fingerprint density at radius 2 is 1.58 bits per heavy atom. The van der Waals surface area contributed by atoms with Crippen LogP contribution in [0.4, 0.5) is 8.78 Å². The molecule has 3 heteroatoms. The van der Waals surface area contributed by atoms with Crippen LogP contribution in [0.25, 0.3) is 0 Å². The normalized spacial score (nSPS) is 42.2. The van der Waals surface area contributed by atoms with E-state index in [4.69, 9.17) is 0 Å². The molecular formula is C9H17F2N. The third-order valence-corrected chi connectivity index (χ3v) is 3.15. The summed E-state index contributed by atoms with van der Waals surface area (Å²) in [6.45, 7) is 0. The second kappa shape index (κ2) is 2.66. The number of alkyl halides is 2. The zero-order valence-corrected chi connectivity index (χ0v) is 6.85. The third-order valence-electron chi connectivity index (χ3n) is 3.15. The zero-order chi connectivity index (χ0) is 8.22. The second-order valence-corrected chi connectivity index (χ2v) is 3.98. The lowest BCUT2D eigenvalue weighted by molar-refractivity contribution is 0.0583. The first-order valence-corrected chi connectivity index (χ1v) is 4.07. The van der Waals surface area contributed by atoms with Gasteiger partial charge in [0.25, 0.3) is 5.92 Å². The van der Waals surface area contributed by atoms with Crippen LogP contribution in [0.5, 0.6) is 0 Å². The van der Waals surface area contributed by atoms with Gasteiger partial charge in [-0.3, -0.25) is 0 Å². The topological polar surface area (TPSA) is 3.24 Å². The maximum atomic E-state index is 12.7. The first-order valence-electron chi connectivity index (χ1n) is 4.07. The van der Waals surface area contributed by atoms with Crippen molar-refractivity contribution in [2.45, 2.75) is 32.2 Å². The Morgan fingerprint density at radius 3 is 1.92 bits per heavy atom. The maximum absolute atomic E-state index is 12.7. The van der Waals surface area contributed by atoms with E-state index in [2.05, 4.69) is 4.90 Å². The van der Waals surface area contributed by atoms with Crippen LogP contribution in [0.3, 0.4) is 0 Å². The number of hydrogen-bond donors (Lipinski definition) is 0. The molecule has 0 bridgehead atoms. The third kappa shape index (κ3) is 1.15. The average molecular weight is 177 g/mol. The van der Waals surface area contributed by atoms with Crippen molar-refractivity contribution in [1.82, 2.24) is 4.90 Å². The minimum Gasteiger partial charge on any atom is -0.306 e. The highest BCUT2D eigenvalue weighted by atomic mass is 19.3. The summed E-state index contributed by atoms with van der Waals surface area (Å²) in [6, 6.07) is 0.407. The molecule has 72 valence electrons. The lowest BCUT2D eigenvalue weighted by Gasteiger charge is -2.21. The van der Waals surface area contributed by atoms with Gasteiger partial charge in [0.1, 0.15) is 0 Å². The molecule has 0 aliphatic heterocycles. The maximum Gasteiger partial charge on any atom is 0.254 e. The Kier molecular flexibility index (Phi) is 2.19. The first kappa shape index (κ1) is 9.90. The molecule has 2 atom stereocenters. The van der Waals surface area contributed by atoms with Gasteiger partial charge in [0.05, 0.1) is 0 Å². The number of nitrogens with zero attached hydrogens (tertiary/aromatic N) is 1. The van der Waals surface area contributed by atoms with Crippen molar-refractivity contribution in [2.75, 3.05) is 14.1 Å². The van der Waals surface area contributed by atoms with Gasteiger partial charge >= 0.3 is 0 Å². The van der Waals surface area contributed by atoms with Gasteiger partial charge in [0.15, 0.2) is 0 Å². The van der Waals surface area contributed by atoms with Gasteiger partial charge < -0.3 is 4.90 Å². The molecule has 0 radical (unpaired) electrons. The smallest absolute Gasteiger partial charge is 0.254 e. The van der Waals surface area contributed by atoms with E-state index in [1.165, 1.54) is 0 Å². The van der Waals surface area contributed by atoms with Gasteiger partial charge in [0, 0.05) is 17.9 Å². The standard InChI is InChI=1S/C8H13F2N.CH4/c1-11(2)5-3-6-7(4-5)8(6,9)10;/h5-7H,3-4H2,1-2H3;1H4. The summed E-state index contributed by atoms with van der Waals surface area (Å²) in [6.07, 6.45) is 1.40. The SMILES string of the molecule is C.CN(C)C1CC2C(C1)C2(F)F. The lowest BCUT2D eigenvalue weighted by Crippen LogP contribution is -2.28. The fraction of sp³-hybridized carbons (Fsp3) is 1.00. The van der Waals surface area contributed by atoms with E-state index in [-0.39, 0.29) is 19.3 Å². The van der Waals surface area contributed by atoms with Crippen LogP contribution in [0.1, 0.15) is 20.3 Å². The van der Waals surface area contributed by atoms with Gasteiger partial charge in [-0.15, -0.1) is 0 Å². The molecule has 0 aromatic carbocycles. The van der Waals surface area contributed by atoms with Crippen molar-refractivity contribution in [3.8, 4) is 0 Å². The molecule has 0 spiro atoms. The van der Waals surface area contributed by atoms with Gasteiger partial charge in [-0.2, -0.15) is 0 Å². The summed E-state index contributed by atoms with van der Waals surface area (Å²) < 4.78 is 25.3. The predicted octanol–water partition coefficient (Wildman–Crippen LogP) is 2.23. The Morgan fingerprint density at radius 1 is 1.17 bits per heavy atom. The van der Waals surface area contributed by atoms with E-state index in [0.717, 1.165) is 0 Å². The Balaban J connectivity index is 0.000000720. The van der Waals surface area contributed by atoms with E-state index in [0.29, 0.717) is 18.9 Å². The van der Waals surface area contributed by atoms with Gasteiger partial charge in [-0.25, -0.2) is 8.78 Å². The van der Waals surface area contributed by atoms with Crippen molar-refractivity contribution in [3.05, 3.63) is 0 Å². The van der Waals surface area contributed by atoms with E-state index in [1.54, 1.807) is 0 Å². The Labute approximate surface area is 72.7 Å². The van der Waals surface area contributed by atoms with Crippen LogP contribution in [-0.4, -0.2) is 31.0 Å². The van der Waals surface area contributed by atoms with Crippen LogP contribution >= 0.6 is 0 Å². The molecule has 2 unspecified atom stereocenters. The highest BCUT2D eigenvalue weighted by Gasteiger charge is 2.71.